The Balaban J connectivity index is 2.72. The molecule has 0 saturated carbocycles. The minimum Gasteiger partial charge on any atom is -0.383 e. The summed E-state index contributed by atoms with van der Waals surface area (Å²) in [6.07, 6.45) is 3.72. The van der Waals surface area contributed by atoms with Crippen molar-refractivity contribution >= 4 is 21.9 Å². The van der Waals surface area contributed by atoms with Crippen LogP contribution in [-0.4, -0.2) is 36.8 Å². The SMILES string of the molecule is COCCN(CC(C)C)c1ncc(CBr)cn1. The smallest absolute Gasteiger partial charge is 0.225 e. The van der Waals surface area contributed by atoms with Crippen LogP contribution in [0.1, 0.15) is 19.4 Å². The summed E-state index contributed by atoms with van der Waals surface area (Å²) in [6.45, 7) is 6.83. The topological polar surface area (TPSA) is 38.2 Å². The third kappa shape index (κ3) is 5.00. The second-order valence-electron chi connectivity index (χ2n) is 4.36. The summed E-state index contributed by atoms with van der Waals surface area (Å²) in [5.41, 5.74) is 1.09. The highest BCUT2D eigenvalue weighted by atomic mass is 79.9. The number of alkyl halides is 1. The fraction of sp³-hybridized carbons (Fsp3) is 0.667. The van der Waals surface area contributed by atoms with Crippen LogP contribution < -0.4 is 4.90 Å². The Hall–Kier alpha value is -0.680. The molecule has 4 nitrogen and oxygen atoms in total. The number of rotatable bonds is 7. The summed E-state index contributed by atoms with van der Waals surface area (Å²) in [5.74, 6) is 1.35. The van der Waals surface area contributed by atoms with Crippen LogP contribution in [0.15, 0.2) is 12.4 Å². The van der Waals surface area contributed by atoms with Gasteiger partial charge in [0, 0.05) is 37.9 Å². The van der Waals surface area contributed by atoms with E-state index in [-0.39, 0.29) is 0 Å². The molecule has 0 unspecified atom stereocenters. The predicted octanol–water partition coefficient (Wildman–Crippen LogP) is 2.48. The third-order valence-electron chi connectivity index (χ3n) is 2.28. The number of hydrogen-bond donors (Lipinski definition) is 0. The normalized spacial score (nSPS) is 10.9. The average Bonchev–Trinajstić information content (AvgIpc) is 2.34. The molecule has 1 aromatic heterocycles. The maximum Gasteiger partial charge on any atom is 0.225 e. The Morgan fingerprint density at radius 3 is 2.47 bits per heavy atom. The number of methoxy groups -OCH3 is 1. The maximum absolute atomic E-state index is 5.12. The second kappa shape index (κ2) is 7.61. The molecule has 0 spiro atoms. The number of nitrogens with zero attached hydrogens (tertiary/aromatic N) is 3. The molecular formula is C12H20BrN3O. The quantitative estimate of drug-likeness (QED) is 0.725. The van der Waals surface area contributed by atoms with Crippen molar-refractivity contribution in [3.63, 3.8) is 0 Å². The standard InChI is InChI=1S/C12H20BrN3O/c1-10(2)9-16(4-5-17-3)12-14-7-11(6-13)8-15-12/h7-8,10H,4-6,9H2,1-3H3. The van der Waals surface area contributed by atoms with Crippen LogP contribution in [-0.2, 0) is 10.1 Å². The first-order valence-corrected chi connectivity index (χ1v) is 6.90. The Labute approximate surface area is 112 Å². The highest BCUT2D eigenvalue weighted by Crippen LogP contribution is 2.11. The van der Waals surface area contributed by atoms with Crippen molar-refractivity contribution in [2.75, 3.05) is 31.7 Å². The summed E-state index contributed by atoms with van der Waals surface area (Å²) < 4.78 is 5.12. The van der Waals surface area contributed by atoms with Crippen molar-refractivity contribution < 1.29 is 4.74 Å². The fourth-order valence-corrected chi connectivity index (χ4v) is 1.79. The van der Waals surface area contributed by atoms with Crippen molar-refractivity contribution in [2.45, 2.75) is 19.2 Å². The molecule has 17 heavy (non-hydrogen) atoms. The third-order valence-corrected chi connectivity index (χ3v) is 2.93. The van der Waals surface area contributed by atoms with Crippen LogP contribution in [0.2, 0.25) is 0 Å². The molecule has 1 aromatic rings. The van der Waals surface area contributed by atoms with Crippen LogP contribution in [0.5, 0.6) is 0 Å². The van der Waals surface area contributed by atoms with E-state index in [1.807, 2.05) is 12.4 Å². The van der Waals surface area contributed by atoms with Gasteiger partial charge in [-0.1, -0.05) is 29.8 Å². The lowest BCUT2D eigenvalue weighted by Crippen LogP contribution is -2.32. The van der Waals surface area contributed by atoms with Gasteiger partial charge in [-0.05, 0) is 11.5 Å². The molecule has 0 aliphatic carbocycles. The lowest BCUT2D eigenvalue weighted by Gasteiger charge is -2.24. The number of hydrogen-bond acceptors (Lipinski definition) is 4. The van der Waals surface area contributed by atoms with Gasteiger partial charge in [0.2, 0.25) is 5.95 Å². The van der Waals surface area contributed by atoms with Gasteiger partial charge in [-0.15, -0.1) is 0 Å². The van der Waals surface area contributed by atoms with E-state index >= 15 is 0 Å². The molecule has 0 aliphatic heterocycles. The average molecular weight is 302 g/mol. The lowest BCUT2D eigenvalue weighted by atomic mass is 10.2. The molecule has 1 rings (SSSR count). The highest BCUT2D eigenvalue weighted by molar-refractivity contribution is 9.08. The van der Waals surface area contributed by atoms with Crippen LogP contribution in [0.25, 0.3) is 0 Å². The molecule has 0 radical (unpaired) electrons. The molecule has 0 atom stereocenters. The molecule has 0 saturated heterocycles. The van der Waals surface area contributed by atoms with Gasteiger partial charge in [0.15, 0.2) is 0 Å². The van der Waals surface area contributed by atoms with E-state index in [4.69, 9.17) is 4.74 Å². The van der Waals surface area contributed by atoms with Gasteiger partial charge in [-0.2, -0.15) is 0 Å². The molecule has 1 heterocycles. The van der Waals surface area contributed by atoms with E-state index in [0.29, 0.717) is 12.5 Å². The zero-order valence-electron chi connectivity index (χ0n) is 10.7. The van der Waals surface area contributed by atoms with E-state index in [1.165, 1.54) is 0 Å². The summed E-state index contributed by atoms with van der Waals surface area (Å²) in [7, 11) is 1.71. The first-order valence-electron chi connectivity index (χ1n) is 5.78. The van der Waals surface area contributed by atoms with E-state index in [9.17, 15) is 0 Å². The molecule has 0 N–H and O–H groups in total. The van der Waals surface area contributed by atoms with Gasteiger partial charge in [0.25, 0.3) is 0 Å². The van der Waals surface area contributed by atoms with Gasteiger partial charge >= 0.3 is 0 Å². The number of anilines is 1. The summed E-state index contributed by atoms with van der Waals surface area (Å²) in [4.78, 5) is 10.9. The predicted molar refractivity (Wildman–Crippen MR) is 73.6 cm³/mol. The van der Waals surface area contributed by atoms with Crippen molar-refractivity contribution in [1.29, 1.82) is 0 Å². The molecule has 0 bridgehead atoms. The zero-order chi connectivity index (χ0) is 12.7. The van der Waals surface area contributed by atoms with Crippen LogP contribution in [0.4, 0.5) is 5.95 Å². The molecule has 0 aromatic carbocycles. The van der Waals surface area contributed by atoms with Gasteiger partial charge in [-0.25, -0.2) is 9.97 Å². The summed E-state index contributed by atoms with van der Waals surface area (Å²) in [6, 6.07) is 0. The largest absolute Gasteiger partial charge is 0.383 e. The number of aromatic nitrogens is 2. The molecule has 96 valence electrons. The highest BCUT2D eigenvalue weighted by Gasteiger charge is 2.10. The van der Waals surface area contributed by atoms with E-state index < -0.39 is 0 Å². The minimum atomic E-state index is 0.575. The second-order valence-corrected chi connectivity index (χ2v) is 4.92. The van der Waals surface area contributed by atoms with Gasteiger partial charge in [0.1, 0.15) is 0 Å². The Kier molecular flexibility index (Phi) is 6.44. The molecule has 0 aliphatic rings. The minimum absolute atomic E-state index is 0.575. The number of ether oxygens (including phenoxy) is 1. The summed E-state index contributed by atoms with van der Waals surface area (Å²) >= 11 is 3.39. The van der Waals surface area contributed by atoms with E-state index in [0.717, 1.165) is 29.9 Å². The monoisotopic (exact) mass is 301 g/mol. The first-order chi connectivity index (χ1) is 8.17. The summed E-state index contributed by atoms with van der Waals surface area (Å²) in [5, 5.41) is 0.787. The maximum atomic E-state index is 5.12. The molecular weight excluding hydrogens is 282 g/mol. The van der Waals surface area contributed by atoms with Crippen LogP contribution >= 0.6 is 15.9 Å². The molecule has 0 fully saturated rings. The lowest BCUT2D eigenvalue weighted by molar-refractivity contribution is 0.204. The van der Waals surface area contributed by atoms with Gasteiger partial charge < -0.3 is 9.64 Å². The van der Waals surface area contributed by atoms with Crippen molar-refractivity contribution in [1.82, 2.24) is 9.97 Å². The van der Waals surface area contributed by atoms with Gasteiger partial charge in [-0.3, -0.25) is 0 Å². The van der Waals surface area contributed by atoms with Crippen LogP contribution in [0.3, 0.4) is 0 Å². The van der Waals surface area contributed by atoms with E-state index in [2.05, 4.69) is 44.6 Å². The molecule has 5 heteroatoms. The van der Waals surface area contributed by atoms with Crippen molar-refractivity contribution in [3.05, 3.63) is 18.0 Å². The fourth-order valence-electron chi connectivity index (χ4n) is 1.50. The zero-order valence-corrected chi connectivity index (χ0v) is 12.3. The van der Waals surface area contributed by atoms with Crippen molar-refractivity contribution in [3.8, 4) is 0 Å². The Morgan fingerprint density at radius 1 is 1.35 bits per heavy atom. The van der Waals surface area contributed by atoms with Gasteiger partial charge in [0.05, 0.1) is 6.61 Å². The number of halogens is 1. The Bertz CT molecular complexity index is 316. The van der Waals surface area contributed by atoms with Crippen molar-refractivity contribution in [2.24, 2.45) is 5.92 Å². The first kappa shape index (κ1) is 14.4. The Morgan fingerprint density at radius 2 is 2.00 bits per heavy atom. The molecule has 0 amide bonds. The van der Waals surface area contributed by atoms with Crippen LogP contribution in [0, 0.1) is 5.92 Å². The van der Waals surface area contributed by atoms with E-state index in [1.54, 1.807) is 7.11 Å².